The van der Waals surface area contributed by atoms with Crippen molar-refractivity contribution in [3.05, 3.63) is 162 Å². The predicted molar refractivity (Wildman–Crippen MR) is 186 cm³/mol. The van der Waals surface area contributed by atoms with Crippen molar-refractivity contribution < 1.29 is 0 Å². The van der Waals surface area contributed by atoms with Gasteiger partial charge in [0.05, 0.1) is 11.0 Å². The van der Waals surface area contributed by atoms with Crippen LogP contribution >= 0.6 is 11.3 Å². The lowest BCUT2D eigenvalue weighted by molar-refractivity contribution is 0.675. The minimum Gasteiger partial charge on any atom is -0.344 e. The molecule has 9 rings (SSSR count). The second-order valence-corrected chi connectivity index (χ2v) is 12.2. The zero-order valence-corrected chi connectivity index (χ0v) is 24.5. The van der Waals surface area contributed by atoms with Crippen LogP contribution < -0.4 is 5.32 Å². The zero-order chi connectivity index (χ0) is 29.0. The third-order valence-electron chi connectivity index (χ3n) is 8.46. The number of hydrogen-bond acceptors (Lipinski definition) is 4. The Kier molecular flexibility index (Phi) is 5.71. The molecule has 44 heavy (non-hydrogen) atoms. The summed E-state index contributed by atoms with van der Waals surface area (Å²) in [7, 11) is 0. The van der Waals surface area contributed by atoms with Gasteiger partial charge in [-0.2, -0.15) is 0 Å². The Morgan fingerprint density at radius 1 is 0.545 bits per heavy atom. The molecule has 1 unspecified atom stereocenters. The molecule has 0 amide bonds. The quantitative estimate of drug-likeness (QED) is 0.221. The molecular weight excluding hydrogens is 557 g/mol. The highest BCUT2D eigenvalue weighted by Crippen LogP contribution is 2.39. The molecule has 2 aromatic heterocycles. The fraction of sp³-hybridized carbons (Fsp3) is 0.0256. The summed E-state index contributed by atoms with van der Waals surface area (Å²) < 4.78 is 4.91. The first-order valence-electron chi connectivity index (χ1n) is 14.8. The van der Waals surface area contributed by atoms with Crippen molar-refractivity contribution in [1.82, 2.24) is 9.88 Å². The molecule has 0 radical (unpaired) electrons. The van der Waals surface area contributed by atoms with Gasteiger partial charge in [0.1, 0.15) is 12.0 Å². The van der Waals surface area contributed by atoms with E-state index < -0.39 is 0 Å². The largest absolute Gasteiger partial charge is 0.344 e. The number of benzene rings is 6. The van der Waals surface area contributed by atoms with Gasteiger partial charge in [-0.05, 0) is 35.9 Å². The van der Waals surface area contributed by atoms with Crippen LogP contribution in [0.25, 0.3) is 47.7 Å². The second kappa shape index (κ2) is 10.0. The van der Waals surface area contributed by atoms with Crippen LogP contribution in [0, 0.1) is 0 Å². The van der Waals surface area contributed by atoms with Crippen LogP contribution in [0.15, 0.2) is 156 Å². The molecular formula is C39H26N4S. The number of fused-ring (bicyclic) bond motifs is 6. The number of nitrogens with zero attached hydrogens (tertiary/aromatic N) is 3. The van der Waals surface area contributed by atoms with Crippen molar-refractivity contribution in [1.29, 1.82) is 0 Å². The lowest BCUT2D eigenvalue weighted by Crippen LogP contribution is -2.33. The van der Waals surface area contributed by atoms with Crippen molar-refractivity contribution >= 4 is 65.0 Å². The molecule has 1 aliphatic rings. The summed E-state index contributed by atoms with van der Waals surface area (Å²) in [5.41, 5.74) is 6.79. The summed E-state index contributed by atoms with van der Waals surface area (Å²) in [6, 6.07) is 51.4. The second-order valence-electron chi connectivity index (χ2n) is 11.1. The fourth-order valence-electron chi connectivity index (χ4n) is 6.37. The monoisotopic (exact) mass is 582 g/mol. The third kappa shape index (κ3) is 4.05. The van der Waals surface area contributed by atoms with Crippen LogP contribution in [0.3, 0.4) is 0 Å². The van der Waals surface area contributed by atoms with E-state index >= 15 is 0 Å². The SMILES string of the molecule is c1ccc(C2=NC(c3ccc4c(c3)sc3cc(-n5c6ccccc6c6ccccc65)ccc34)NC(c3ccccc3)=N2)cc1. The Morgan fingerprint density at radius 3 is 1.84 bits per heavy atom. The lowest BCUT2D eigenvalue weighted by atomic mass is 10.1. The van der Waals surface area contributed by atoms with Crippen LogP contribution in [-0.4, -0.2) is 16.2 Å². The van der Waals surface area contributed by atoms with Gasteiger partial charge in [-0.3, -0.25) is 0 Å². The van der Waals surface area contributed by atoms with Gasteiger partial charge in [-0.1, -0.05) is 115 Å². The molecule has 0 spiro atoms. The summed E-state index contributed by atoms with van der Waals surface area (Å²) in [4.78, 5) is 10.0. The highest BCUT2D eigenvalue weighted by Gasteiger charge is 2.22. The summed E-state index contributed by atoms with van der Waals surface area (Å²) >= 11 is 1.84. The van der Waals surface area contributed by atoms with Gasteiger partial charge < -0.3 is 9.88 Å². The number of rotatable bonds is 4. The maximum Gasteiger partial charge on any atom is 0.159 e. The molecule has 5 heteroatoms. The van der Waals surface area contributed by atoms with Gasteiger partial charge >= 0.3 is 0 Å². The maximum atomic E-state index is 5.08. The molecule has 0 aliphatic carbocycles. The van der Waals surface area contributed by atoms with Crippen molar-refractivity contribution in [2.45, 2.75) is 6.17 Å². The molecule has 208 valence electrons. The average Bonchev–Trinajstić information content (AvgIpc) is 3.63. The van der Waals surface area contributed by atoms with E-state index in [1.165, 1.54) is 47.7 Å². The predicted octanol–water partition coefficient (Wildman–Crippen LogP) is 9.65. The summed E-state index contributed by atoms with van der Waals surface area (Å²) in [5.74, 6) is 1.57. The van der Waals surface area contributed by atoms with Crippen LogP contribution in [-0.2, 0) is 0 Å². The first kappa shape index (κ1) is 25.0. The molecule has 1 N–H and O–H groups in total. The first-order valence-corrected chi connectivity index (χ1v) is 15.6. The molecule has 3 heterocycles. The van der Waals surface area contributed by atoms with Crippen LogP contribution in [0.4, 0.5) is 0 Å². The van der Waals surface area contributed by atoms with Gasteiger partial charge in [-0.25, -0.2) is 9.98 Å². The summed E-state index contributed by atoms with van der Waals surface area (Å²) in [5, 5.41) is 8.70. The molecule has 0 saturated heterocycles. The minimum absolute atomic E-state index is 0.249. The number of aromatic nitrogens is 1. The smallest absolute Gasteiger partial charge is 0.159 e. The topological polar surface area (TPSA) is 41.7 Å². The zero-order valence-electron chi connectivity index (χ0n) is 23.7. The Balaban J connectivity index is 1.15. The van der Waals surface area contributed by atoms with Crippen LogP contribution in [0.1, 0.15) is 22.9 Å². The third-order valence-corrected chi connectivity index (χ3v) is 9.57. The lowest BCUT2D eigenvalue weighted by Gasteiger charge is -2.23. The van der Waals surface area contributed by atoms with Crippen molar-refractivity contribution in [2.75, 3.05) is 0 Å². The van der Waals surface area contributed by atoms with E-state index in [0.717, 1.165) is 28.4 Å². The molecule has 1 atom stereocenters. The first-order chi connectivity index (χ1) is 21.8. The van der Waals surface area contributed by atoms with E-state index in [2.05, 4.69) is 119 Å². The normalized spacial score (nSPS) is 15.0. The Morgan fingerprint density at radius 2 is 1.14 bits per heavy atom. The Bertz CT molecular complexity index is 2360. The molecule has 1 aliphatic heterocycles. The Hall–Kier alpha value is -5.52. The highest BCUT2D eigenvalue weighted by molar-refractivity contribution is 7.25. The average molecular weight is 583 g/mol. The number of aliphatic imine (C=N–C) groups is 2. The van der Waals surface area contributed by atoms with E-state index in [4.69, 9.17) is 9.98 Å². The highest BCUT2D eigenvalue weighted by atomic mass is 32.1. The Labute approximate surface area is 258 Å². The van der Waals surface area contributed by atoms with Crippen LogP contribution in [0.5, 0.6) is 0 Å². The molecule has 0 saturated carbocycles. The standard InChI is InChI=1S/C39H26N4S/c1-3-11-25(12-4-1)37-40-38(26-13-5-2-6-14-26)42-39(41-37)27-19-21-31-32-22-20-28(24-36(32)44-35(31)23-27)43-33-17-9-7-15-29(33)30-16-8-10-18-34(30)43/h1-24,39H,(H,40,41,42). The van der Waals surface area contributed by atoms with E-state index in [1.807, 2.05) is 47.7 Å². The van der Waals surface area contributed by atoms with Gasteiger partial charge in [0, 0.05) is 47.8 Å². The molecule has 4 nitrogen and oxygen atoms in total. The van der Waals surface area contributed by atoms with Gasteiger partial charge in [-0.15, -0.1) is 11.3 Å². The number of hydrogen-bond donors (Lipinski definition) is 1. The number of para-hydroxylation sites is 2. The van der Waals surface area contributed by atoms with Crippen molar-refractivity contribution in [3.8, 4) is 5.69 Å². The van der Waals surface area contributed by atoms with E-state index in [9.17, 15) is 0 Å². The van der Waals surface area contributed by atoms with Gasteiger partial charge in [0.25, 0.3) is 0 Å². The fourth-order valence-corrected chi connectivity index (χ4v) is 7.56. The van der Waals surface area contributed by atoms with E-state index in [-0.39, 0.29) is 6.17 Å². The van der Waals surface area contributed by atoms with Crippen molar-refractivity contribution in [3.63, 3.8) is 0 Å². The number of nitrogens with one attached hydrogen (secondary N) is 1. The van der Waals surface area contributed by atoms with Gasteiger partial charge in [0.15, 0.2) is 5.84 Å². The van der Waals surface area contributed by atoms with E-state index in [0.29, 0.717) is 0 Å². The number of thiophene rings is 1. The van der Waals surface area contributed by atoms with E-state index in [1.54, 1.807) is 0 Å². The minimum atomic E-state index is -0.249. The number of amidine groups is 2. The molecule has 6 aromatic carbocycles. The van der Waals surface area contributed by atoms with Gasteiger partial charge in [0.2, 0.25) is 0 Å². The molecule has 0 bridgehead atoms. The maximum absolute atomic E-state index is 5.08. The summed E-state index contributed by atoms with van der Waals surface area (Å²) in [6.45, 7) is 0. The van der Waals surface area contributed by atoms with Crippen LogP contribution in [0.2, 0.25) is 0 Å². The van der Waals surface area contributed by atoms with Crippen molar-refractivity contribution in [2.24, 2.45) is 9.98 Å². The molecule has 0 fully saturated rings. The molecule has 8 aromatic rings. The summed E-state index contributed by atoms with van der Waals surface area (Å²) in [6.07, 6.45) is -0.249.